The van der Waals surface area contributed by atoms with Crippen molar-refractivity contribution in [3.63, 3.8) is 0 Å². The maximum atomic E-state index is 11.5. The van der Waals surface area contributed by atoms with E-state index in [1.807, 2.05) is 0 Å². The lowest BCUT2D eigenvalue weighted by atomic mass is 10.3. The Morgan fingerprint density at radius 2 is 2.06 bits per heavy atom. The first kappa shape index (κ1) is 13.4. The minimum Gasteiger partial charge on any atom is -0.506 e. The van der Waals surface area contributed by atoms with Crippen LogP contribution in [0.25, 0.3) is 0 Å². The van der Waals surface area contributed by atoms with E-state index in [0.29, 0.717) is 12.1 Å². The predicted octanol–water partition coefficient (Wildman–Crippen LogP) is 2.42. The van der Waals surface area contributed by atoms with E-state index in [4.69, 9.17) is 28.3 Å². The van der Waals surface area contributed by atoms with Gasteiger partial charge in [-0.2, -0.15) is 0 Å². The number of phenolic OH excluding ortho intramolecular Hbond substituents is 1. The number of benzene rings is 1. The maximum Gasteiger partial charge on any atom is 0.232 e. The van der Waals surface area contributed by atoms with Gasteiger partial charge in [0.15, 0.2) is 0 Å². The Labute approximate surface area is 104 Å². The van der Waals surface area contributed by atoms with E-state index in [1.54, 1.807) is 0 Å². The summed E-state index contributed by atoms with van der Waals surface area (Å²) in [6.45, 7) is 0. The number of aromatic hydroxyl groups is 1. The minimum absolute atomic E-state index is 0.0466. The molecule has 1 aromatic carbocycles. The van der Waals surface area contributed by atoms with Gasteiger partial charge >= 0.3 is 0 Å². The maximum absolute atomic E-state index is 11.5. The molecule has 0 saturated carbocycles. The number of hydrogen-bond acceptors (Lipinski definition) is 3. The number of halogens is 2. The van der Waals surface area contributed by atoms with Crippen LogP contribution in [0, 0.1) is 0 Å². The lowest BCUT2D eigenvalue weighted by molar-refractivity contribution is 0.475. The second-order valence-electron chi connectivity index (χ2n) is 3.13. The molecule has 0 aliphatic rings. The fourth-order valence-electron chi connectivity index (χ4n) is 1.05. The summed E-state index contributed by atoms with van der Waals surface area (Å²) in [5, 5.41) is 9.25. The van der Waals surface area contributed by atoms with Crippen LogP contribution >= 0.6 is 23.2 Å². The van der Waals surface area contributed by atoms with Crippen LogP contribution < -0.4 is 4.72 Å². The molecule has 90 valence electrons. The van der Waals surface area contributed by atoms with Crippen LogP contribution in [0.3, 0.4) is 0 Å². The van der Waals surface area contributed by atoms with Crippen LogP contribution in [0.4, 0.5) is 5.69 Å². The fourth-order valence-corrected chi connectivity index (χ4v) is 2.63. The quantitative estimate of drug-likeness (QED) is 0.644. The molecule has 1 rings (SSSR count). The molecule has 4 nitrogen and oxygen atoms in total. The van der Waals surface area contributed by atoms with E-state index in [-0.39, 0.29) is 22.4 Å². The average Bonchev–Trinajstić information content (AvgIpc) is 2.20. The van der Waals surface area contributed by atoms with E-state index >= 15 is 0 Å². The molecule has 0 aliphatic carbocycles. The lowest BCUT2D eigenvalue weighted by Crippen LogP contribution is -2.16. The highest BCUT2D eigenvalue weighted by Crippen LogP contribution is 2.26. The van der Waals surface area contributed by atoms with Crippen molar-refractivity contribution in [3.05, 3.63) is 23.2 Å². The molecule has 0 bridgehead atoms. The Morgan fingerprint density at radius 1 is 1.38 bits per heavy atom. The summed E-state index contributed by atoms with van der Waals surface area (Å²) in [5.74, 6) is 0.150. The molecule has 0 saturated heterocycles. The molecule has 0 atom stereocenters. The molecule has 7 heteroatoms. The van der Waals surface area contributed by atoms with Crippen molar-refractivity contribution in [2.45, 2.75) is 6.42 Å². The summed E-state index contributed by atoms with van der Waals surface area (Å²) < 4.78 is 25.3. The first-order valence-electron chi connectivity index (χ1n) is 4.49. The van der Waals surface area contributed by atoms with Crippen molar-refractivity contribution >= 4 is 38.9 Å². The zero-order valence-electron chi connectivity index (χ0n) is 8.28. The summed E-state index contributed by atoms with van der Waals surface area (Å²) >= 11 is 11.1. The molecule has 0 heterocycles. The SMILES string of the molecule is O=S(=O)(CCCCl)Nc1ccc(O)c(Cl)c1. The van der Waals surface area contributed by atoms with Crippen LogP contribution in [0.5, 0.6) is 5.75 Å². The van der Waals surface area contributed by atoms with Gasteiger partial charge in [0, 0.05) is 5.88 Å². The second kappa shape index (κ2) is 5.61. The molecule has 0 aromatic heterocycles. The monoisotopic (exact) mass is 283 g/mol. The summed E-state index contributed by atoms with van der Waals surface area (Å²) in [4.78, 5) is 0. The van der Waals surface area contributed by atoms with Crippen molar-refractivity contribution in [3.8, 4) is 5.75 Å². The largest absolute Gasteiger partial charge is 0.506 e. The molecule has 0 fully saturated rings. The summed E-state index contributed by atoms with van der Waals surface area (Å²) in [6.07, 6.45) is 0.378. The topological polar surface area (TPSA) is 66.4 Å². The van der Waals surface area contributed by atoms with Crippen LogP contribution in [-0.2, 0) is 10.0 Å². The number of rotatable bonds is 5. The first-order valence-corrected chi connectivity index (χ1v) is 7.06. The van der Waals surface area contributed by atoms with Crippen LogP contribution in [0.1, 0.15) is 6.42 Å². The predicted molar refractivity (Wildman–Crippen MR) is 65.9 cm³/mol. The Kier molecular flexibility index (Phi) is 4.70. The minimum atomic E-state index is -3.40. The van der Waals surface area contributed by atoms with Gasteiger partial charge in [0.2, 0.25) is 10.0 Å². The molecule has 0 aliphatic heterocycles. The van der Waals surface area contributed by atoms with E-state index < -0.39 is 10.0 Å². The number of nitrogens with one attached hydrogen (secondary N) is 1. The van der Waals surface area contributed by atoms with Crippen LogP contribution in [0.2, 0.25) is 5.02 Å². The van der Waals surface area contributed by atoms with Gasteiger partial charge in [0.1, 0.15) is 5.75 Å². The zero-order valence-corrected chi connectivity index (χ0v) is 10.6. The van der Waals surface area contributed by atoms with Gasteiger partial charge in [-0.05, 0) is 24.6 Å². The lowest BCUT2D eigenvalue weighted by Gasteiger charge is -2.07. The Morgan fingerprint density at radius 3 is 2.62 bits per heavy atom. The summed E-state index contributed by atoms with van der Waals surface area (Å²) in [6, 6.07) is 4.09. The smallest absolute Gasteiger partial charge is 0.232 e. The third kappa shape index (κ3) is 4.08. The highest BCUT2D eigenvalue weighted by molar-refractivity contribution is 7.92. The van der Waals surface area contributed by atoms with Crippen molar-refractivity contribution in [2.75, 3.05) is 16.4 Å². The number of alkyl halides is 1. The molecular weight excluding hydrogens is 273 g/mol. The van der Waals surface area contributed by atoms with E-state index in [0.717, 1.165) is 0 Å². The van der Waals surface area contributed by atoms with E-state index in [9.17, 15) is 8.42 Å². The fraction of sp³-hybridized carbons (Fsp3) is 0.333. The molecule has 1 aromatic rings. The molecule has 16 heavy (non-hydrogen) atoms. The average molecular weight is 284 g/mol. The van der Waals surface area contributed by atoms with Crippen molar-refractivity contribution in [2.24, 2.45) is 0 Å². The van der Waals surface area contributed by atoms with Gasteiger partial charge < -0.3 is 5.11 Å². The molecule has 0 unspecified atom stereocenters. The molecule has 2 N–H and O–H groups in total. The zero-order chi connectivity index (χ0) is 12.2. The van der Waals surface area contributed by atoms with E-state index in [1.165, 1.54) is 18.2 Å². The van der Waals surface area contributed by atoms with Gasteiger partial charge in [0.25, 0.3) is 0 Å². The second-order valence-corrected chi connectivity index (χ2v) is 5.76. The third-order valence-corrected chi connectivity index (χ3v) is 3.71. The van der Waals surface area contributed by atoms with Crippen molar-refractivity contribution < 1.29 is 13.5 Å². The Hall–Kier alpha value is -0.650. The van der Waals surface area contributed by atoms with Crippen LogP contribution in [0.15, 0.2) is 18.2 Å². The van der Waals surface area contributed by atoms with Crippen LogP contribution in [-0.4, -0.2) is 25.2 Å². The van der Waals surface area contributed by atoms with Crippen molar-refractivity contribution in [1.82, 2.24) is 0 Å². The molecule has 0 spiro atoms. The molecule has 0 radical (unpaired) electrons. The Bertz CT molecular complexity index is 462. The van der Waals surface area contributed by atoms with Gasteiger partial charge in [-0.3, -0.25) is 4.72 Å². The van der Waals surface area contributed by atoms with Gasteiger partial charge in [-0.1, -0.05) is 11.6 Å². The van der Waals surface area contributed by atoms with Gasteiger partial charge in [-0.25, -0.2) is 8.42 Å². The standard InChI is InChI=1S/C9H11Cl2NO3S/c10-4-1-5-16(14,15)12-7-2-3-9(13)8(11)6-7/h2-3,6,12-13H,1,4-5H2. The summed E-state index contributed by atoms with van der Waals surface area (Å²) in [7, 11) is -3.40. The molecular formula is C9H11Cl2NO3S. The molecule has 0 amide bonds. The number of hydrogen-bond donors (Lipinski definition) is 2. The highest BCUT2D eigenvalue weighted by Gasteiger charge is 2.10. The first-order chi connectivity index (χ1) is 7.44. The van der Waals surface area contributed by atoms with E-state index in [2.05, 4.69) is 4.72 Å². The van der Waals surface area contributed by atoms with Crippen molar-refractivity contribution in [1.29, 1.82) is 0 Å². The number of sulfonamides is 1. The Balaban J connectivity index is 2.76. The van der Waals surface area contributed by atoms with Gasteiger partial charge in [0.05, 0.1) is 16.5 Å². The highest BCUT2D eigenvalue weighted by atomic mass is 35.5. The summed E-state index contributed by atoms with van der Waals surface area (Å²) in [5.41, 5.74) is 0.317. The number of anilines is 1. The normalized spacial score (nSPS) is 11.4. The number of phenols is 1. The van der Waals surface area contributed by atoms with Gasteiger partial charge in [-0.15, -0.1) is 11.6 Å². The third-order valence-electron chi connectivity index (χ3n) is 1.77.